The number of para-hydroxylation sites is 1. The van der Waals surface area contributed by atoms with Gasteiger partial charge in [-0.1, -0.05) is 172 Å². The SMILES string of the molecule is CC1(C)c2ccccc2-c2c(-c3cc(-c4ccc5c(c4)c4ccccc4n5-c4ccc(-c5ccccc5)cc4)ccc3Nc3cccc(-c4ccccc4)c3)cccc21. The minimum Gasteiger partial charge on any atom is -0.355 e. The van der Waals surface area contributed by atoms with Crippen LogP contribution in [0, 0.1) is 0 Å². The minimum absolute atomic E-state index is 0.0989. The molecular weight excluding hydrogens is 713 g/mol. The van der Waals surface area contributed by atoms with E-state index >= 15 is 0 Å². The lowest BCUT2D eigenvalue weighted by Crippen LogP contribution is -2.14. The molecule has 0 fully saturated rings. The smallest absolute Gasteiger partial charge is 0.0541 e. The molecule has 1 aliphatic carbocycles. The van der Waals surface area contributed by atoms with Crippen LogP contribution in [0.15, 0.2) is 212 Å². The molecule has 1 aliphatic rings. The highest BCUT2D eigenvalue weighted by Crippen LogP contribution is 2.53. The lowest BCUT2D eigenvalue weighted by atomic mass is 9.82. The van der Waals surface area contributed by atoms with E-state index in [4.69, 9.17) is 0 Å². The molecule has 0 radical (unpaired) electrons. The van der Waals surface area contributed by atoms with Gasteiger partial charge in [-0.05, 0) is 116 Å². The normalized spacial score (nSPS) is 12.7. The number of rotatable bonds is 7. The molecule has 0 unspecified atom stereocenters. The van der Waals surface area contributed by atoms with Gasteiger partial charge in [-0.3, -0.25) is 0 Å². The zero-order chi connectivity index (χ0) is 39.5. The Kier molecular flexibility index (Phi) is 8.20. The van der Waals surface area contributed by atoms with Crippen molar-refractivity contribution < 1.29 is 0 Å². The van der Waals surface area contributed by atoms with Gasteiger partial charge >= 0.3 is 0 Å². The maximum absolute atomic E-state index is 3.88. The first-order valence-corrected chi connectivity index (χ1v) is 20.5. The molecule has 1 heterocycles. The molecule has 0 amide bonds. The van der Waals surface area contributed by atoms with Gasteiger partial charge in [0.1, 0.15) is 0 Å². The average Bonchev–Trinajstić information content (AvgIpc) is 3.75. The number of nitrogens with one attached hydrogen (secondary N) is 1. The van der Waals surface area contributed by atoms with Crippen LogP contribution in [-0.2, 0) is 5.41 Å². The van der Waals surface area contributed by atoms with Crippen LogP contribution >= 0.6 is 0 Å². The van der Waals surface area contributed by atoms with Crippen molar-refractivity contribution in [1.29, 1.82) is 0 Å². The summed E-state index contributed by atoms with van der Waals surface area (Å²) in [6.07, 6.45) is 0. The van der Waals surface area contributed by atoms with Gasteiger partial charge in [0.15, 0.2) is 0 Å². The summed E-state index contributed by atoms with van der Waals surface area (Å²) < 4.78 is 2.40. The van der Waals surface area contributed by atoms with Crippen LogP contribution in [0.3, 0.4) is 0 Å². The zero-order valence-electron chi connectivity index (χ0n) is 33.2. The Bertz CT molecular complexity index is 3190. The number of hydrogen-bond acceptors (Lipinski definition) is 1. The van der Waals surface area contributed by atoms with E-state index in [-0.39, 0.29) is 5.41 Å². The van der Waals surface area contributed by atoms with Crippen molar-refractivity contribution in [3.05, 3.63) is 223 Å². The predicted molar refractivity (Wildman–Crippen MR) is 250 cm³/mol. The Morgan fingerprint density at radius 3 is 1.75 bits per heavy atom. The second-order valence-corrected chi connectivity index (χ2v) is 16.2. The Morgan fingerprint density at radius 1 is 0.373 bits per heavy atom. The summed E-state index contributed by atoms with van der Waals surface area (Å²) in [6.45, 7) is 4.71. The van der Waals surface area contributed by atoms with Gasteiger partial charge in [0.05, 0.1) is 11.0 Å². The summed E-state index contributed by atoms with van der Waals surface area (Å²) in [5, 5.41) is 6.36. The maximum atomic E-state index is 3.88. The number of nitrogens with zero attached hydrogens (tertiary/aromatic N) is 1. The maximum Gasteiger partial charge on any atom is 0.0541 e. The first-order valence-electron chi connectivity index (χ1n) is 20.5. The number of anilines is 2. The van der Waals surface area contributed by atoms with Gasteiger partial charge in [-0.15, -0.1) is 0 Å². The minimum atomic E-state index is -0.0989. The molecule has 0 bridgehead atoms. The topological polar surface area (TPSA) is 17.0 Å². The molecule has 1 N–H and O–H groups in total. The van der Waals surface area contributed by atoms with Gasteiger partial charge in [0.2, 0.25) is 0 Å². The summed E-state index contributed by atoms with van der Waals surface area (Å²) in [4.78, 5) is 0. The summed E-state index contributed by atoms with van der Waals surface area (Å²) in [7, 11) is 0. The van der Waals surface area contributed by atoms with E-state index in [2.05, 4.69) is 236 Å². The van der Waals surface area contributed by atoms with E-state index in [0.29, 0.717) is 0 Å². The van der Waals surface area contributed by atoms with Gasteiger partial charge in [-0.2, -0.15) is 0 Å². The van der Waals surface area contributed by atoms with Gasteiger partial charge in [-0.25, -0.2) is 0 Å². The van der Waals surface area contributed by atoms with E-state index in [0.717, 1.165) is 17.1 Å². The molecule has 0 saturated carbocycles. The Labute approximate surface area is 345 Å². The van der Waals surface area contributed by atoms with E-state index in [1.54, 1.807) is 0 Å². The Hall–Kier alpha value is -7.42. The molecule has 0 spiro atoms. The summed E-state index contributed by atoms with van der Waals surface area (Å²) in [5.74, 6) is 0. The molecular formula is C57H42N2. The predicted octanol–water partition coefficient (Wildman–Crippen LogP) is 15.5. The van der Waals surface area contributed by atoms with E-state index in [9.17, 15) is 0 Å². The Balaban J connectivity index is 1.06. The number of fused-ring (bicyclic) bond motifs is 6. The van der Waals surface area contributed by atoms with Crippen LogP contribution in [-0.4, -0.2) is 4.57 Å². The van der Waals surface area contributed by atoms with E-state index in [1.807, 2.05) is 0 Å². The fourth-order valence-corrected chi connectivity index (χ4v) is 9.46. The van der Waals surface area contributed by atoms with Crippen molar-refractivity contribution in [3.8, 4) is 61.3 Å². The van der Waals surface area contributed by atoms with E-state index in [1.165, 1.54) is 88.6 Å². The number of aromatic nitrogens is 1. The second-order valence-electron chi connectivity index (χ2n) is 16.2. The van der Waals surface area contributed by atoms with Crippen LogP contribution in [0.25, 0.3) is 83.1 Å². The molecule has 280 valence electrons. The van der Waals surface area contributed by atoms with Gasteiger partial charge in [0.25, 0.3) is 0 Å². The van der Waals surface area contributed by atoms with Gasteiger partial charge < -0.3 is 9.88 Å². The van der Waals surface area contributed by atoms with E-state index < -0.39 is 0 Å². The standard InChI is InChI=1S/C57H42N2/c1-57(2)51-24-11-9-22-48(51)56-47(23-14-25-52(56)57)49-36-42(29-33-53(49)58-44-20-13-19-41(35-44)39-17-7-4-8-18-39)43-30-34-55-50(37-43)46-21-10-12-26-54(46)59(55)45-31-27-40(28-32-45)38-15-5-3-6-16-38/h3-37,58H,1-2H3. The van der Waals surface area contributed by atoms with Crippen molar-refractivity contribution in [3.63, 3.8) is 0 Å². The Morgan fingerprint density at radius 2 is 0.932 bits per heavy atom. The third-order valence-corrected chi connectivity index (χ3v) is 12.4. The molecule has 11 rings (SSSR count). The fourth-order valence-electron chi connectivity index (χ4n) is 9.46. The lowest BCUT2D eigenvalue weighted by molar-refractivity contribution is 0.660. The van der Waals surface area contributed by atoms with Crippen LogP contribution < -0.4 is 5.32 Å². The van der Waals surface area contributed by atoms with Crippen LogP contribution in [0.1, 0.15) is 25.0 Å². The highest BCUT2D eigenvalue weighted by atomic mass is 15.0. The van der Waals surface area contributed by atoms with Gasteiger partial charge in [0, 0.05) is 38.8 Å². The molecule has 2 nitrogen and oxygen atoms in total. The van der Waals surface area contributed by atoms with Crippen molar-refractivity contribution in [1.82, 2.24) is 4.57 Å². The summed E-state index contributed by atoms with van der Waals surface area (Å²) in [6, 6.07) is 77.4. The van der Waals surface area contributed by atoms with Crippen molar-refractivity contribution in [2.75, 3.05) is 5.32 Å². The van der Waals surface area contributed by atoms with Crippen molar-refractivity contribution >= 4 is 33.2 Å². The summed E-state index contributed by atoms with van der Waals surface area (Å²) >= 11 is 0. The molecule has 2 heteroatoms. The molecule has 59 heavy (non-hydrogen) atoms. The van der Waals surface area contributed by atoms with Crippen LogP contribution in [0.5, 0.6) is 0 Å². The molecule has 0 atom stereocenters. The fraction of sp³-hybridized carbons (Fsp3) is 0.0526. The zero-order valence-corrected chi connectivity index (χ0v) is 33.2. The monoisotopic (exact) mass is 754 g/mol. The lowest BCUT2D eigenvalue weighted by Gasteiger charge is -2.22. The van der Waals surface area contributed by atoms with Crippen LogP contribution in [0.2, 0.25) is 0 Å². The number of benzene rings is 9. The molecule has 0 aliphatic heterocycles. The third kappa shape index (κ3) is 5.87. The first kappa shape index (κ1) is 34.8. The first-order chi connectivity index (χ1) is 29.0. The van der Waals surface area contributed by atoms with Crippen molar-refractivity contribution in [2.45, 2.75) is 19.3 Å². The van der Waals surface area contributed by atoms with Crippen LogP contribution in [0.4, 0.5) is 11.4 Å². The molecule has 0 saturated heterocycles. The molecule has 1 aromatic heterocycles. The second kappa shape index (κ2) is 13.9. The quantitative estimate of drug-likeness (QED) is 0.171. The summed E-state index contributed by atoms with van der Waals surface area (Å²) in [5.41, 5.74) is 20.6. The third-order valence-electron chi connectivity index (χ3n) is 12.4. The highest BCUT2D eigenvalue weighted by Gasteiger charge is 2.36. The largest absolute Gasteiger partial charge is 0.355 e. The van der Waals surface area contributed by atoms with Crippen molar-refractivity contribution in [2.24, 2.45) is 0 Å². The molecule has 10 aromatic rings. The average molecular weight is 755 g/mol. The highest BCUT2D eigenvalue weighted by molar-refractivity contribution is 6.10. The molecule has 9 aromatic carbocycles. The number of hydrogen-bond donors (Lipinski definition) is 1.